The van der Waals surface area contributed by atoms with Gasteiger partial charge in [0.05, 0.1) is 11.7 Å². The van der Waals surface area contributed by atoms with Crippen molar-refractivity contribution in [2.75, 3.05) is 30.7 Å². The van der Waals surface area contributed by atoms with E-state index in [1.54, 1.807) is 4.90 Å². The molecule has 178 valence electrons. The van der Waals surface area contributed by atoms with E-state index in [1.165, 1.54) is 12.4 Å². The fraction of sp³-hybridized carbons (Fsp3) is 0.269. The Morgan fingerprint density at radius 3 is 2.56 bits per heavy atom. The number of nitrogen functional groups attached to an aromatic ring is 1. The summed E-state index contributed by atoms with van der Waals surface area (Å²) in [6.45, 7) is 4.88. The van der Waals surface area contributed by atoms with E-state index >= 15 is 0 Å². The van der Waals surface area contributed by atoms with Crippen LogP contribution >= 0.6 is 0 Å². The fourth-order valence-electron chi connectivity index (χ4n) is 3.91. The molecule has 8 nitrogen and oxygen atoms in total. The smallest absolute Gasteiger partial charge is 0.246 e. The highest BCUT2D eigenvalue weighted by Crippen LogP contribution is 2.33. The van der Waals surface area contributed by atoms with Crippen LogP contribution in [0.4, 0.5) is 11.6 Å². The predicted molar refractivity (Wildman–Crippen MR) is 135 cm³/mol. The van der Waals surface area contributed by atoms with Gasteiger partial charge in [-0.1, -0.05) is 44.3 Å². The van der Waals surface area contributed by atoms with Crippen LogP contribution in [0.3, 0.4) is 0 Å². The maximum atomic E-state index is 11.8. The zero-order valence-corrected chi connectivity index (χ0v) is 18.2. The van der Waals surface area contributed by atoms with Crippen molar-refractivity contribution in [2.24, 2.45) is 5.92 Å². The number of nitrogens with one attached hydrogen (secondary N) is 1. The Balaban J connectivity index is 0.00000324. The third-order valence-electron chi connectivity index (χ3n) is 5.74. The average molecular weight is 462 g/mol. The van der Waals surface area contributed by atoms with Gasteiger partial charge in [-0.05, 0) is 42.3 Å². The van der Waals surface area contributed by atoms with Gasteiger partial charge < -0.3 is 25.8 Å². The zero-order chi connectivity index (χ0) is 23.2. The maximum absolute atomic E-state index is 11.8. The highest BCUT2D eigenvalue weighted by molar-refractivity contribution is 5.87. The van der Waals surface area contributed by atoms with Crippen LogP contribution in [0.2, 0.25) is 0 Å². The molecule has 0 spiro atoms. The molecule has 1 amide bonds. The average Bonchev–Trinajstić information content (AvgIpc) is 2.84. The second-order valence-electron chi connectivity index (χ2n) is 7.91. The van der Waals surface area contributed by atoms with Crippen molar-refractivity contribution in [3.8, 4) is 22.6 Å². The summed E-state index contributed by atoms with van der Waals surface area (Å²) in [7, 11) is 0. The van der Waals surface area contributed by atoms with Crippen molar-refractivity contribution in [1.82, 2.24) is 14.9 Å². The summed E-state index contributed by atoms with van der Waals surface area (Å²) in [4.78, 5) is 21.9. The molecule has 0 saturated carbocycles. The van der Waals surface area contributed by atoms with Gasteiger partial charge in [-0.25, -0.2) is 9.97 Å². The van der Waals surface area contributed by atoms with Crippen LogP contribution in [-0.2, 0) is 4.79 Å². The summed E-state index contributed by atoms with van der Waals surface area (Å²) in [6.07, 6.45) is 2.73. The quantitative estimate of drug-likeness (QED) is 0.456. The molecule has 0 aliphatic carbocycles. The molecule has 0 bridgehead atoms. The number of ether oxygens (including phenoxy) is 1. The summed E-state index contributed by atoms with van der Waals surface area (Å²) in [5.74, 6) is 2.23. The number of aliphatic hydroxyl groups excluding tert-OH is 1. The lowest BCUT2D eigenvalue weighted by Gasteiger charge is -2.35. The van der Waals surface area contributed by atoms with E-state index in [9.17, 15) is 9.90 Å². The Hall–Kier alpha value is -3.91. The largest absolute Gasteiger partial charge is 0.457 e. The maximum Gasteiger partial charge on any atom is 0.246 e. The van der Waals surface area contributed by atoms with Crippen LogP contribution in [0.1, 0.15) is 13.8 Å². The number of rotatable bonds is 7. The van der Waals surface area contributed by atoms with Gasteiger partial charge in [0.25, 0.3) is 0 Å². The minimum atomic E-state index is -0.632. The number of hydrogen-bond donors (Lipinski definition) is 3. The number of carbonyl (C=O) groups is 1. The first kappa shape index (κ1) is 24.7. The van der Waals surface area contributed by atoms with E-state index in [1.807, 2.05) is 54.6 Å². The van der Waals surface area contributed by atoms with E-state index in [0.29, 0.717) is 49.0 Å². The molecule has 3 aromatic rings. The standard InChI is InChI=1S/C25H27N5O3.CH4/c1-2-22(32)30-13-12-18(21(31)15-30)14-27-25-23(24(26)28-16-29-25)17-8-10-20(11-9-17)33-19-6-4-3-5-7-19;/h2-11,16,18,21,31H,1,12-15H2,(H3,26,27,28,29);1H4/t18-,21+;/m0./s1. The summed E-state index contributed by atoms with van der Waals surface area (Å²) >= 11 is 0. The normalized spacial score (nSPS) is 17.4. The number of β-amino-alcohol motifs (C(OH)–C–C–N with tert-alkyl or cyclic N) is 1. The molecule has 2 aromatic carbocycles. The van der Waals surface area contributed by atoms with Gasteiger partial charge in [0.15, 0.2) is 0 Å². The molecule has 8 heteroatoms. The van der Waals surface area contributed by atoms with Gasteiger partial charge in [-0.3, -0.25) is 4.79 Å². The lowest BCUT2D eigenvalue weighted by molar-refractivity contribution is -0.130. The molecular formula is C26H31N5O3. The third kappa shape index (κ3) is 5.71. The number of likely N-dealkylation sites (tertiary alicyclic amines) is 1. The second kappa shape index (κ2) is 11.3. The first-order valence-electron chi connectivity index (χ1n) is 10.8. The minimum Gasteiger partial charge on any atom is -0.457 e. The van der Waals surface area contributed by atoms with Gasteiger partial charge in [-0.15, -0.1) is 0 Å². The summed E-state index contributed by atoms with van der Waals surface area (Å²) < 4.78 is 5.86. The van der Waals surface area contributed by atoms with Crippen LogP contribution in [-0.4, -0.2) is 51.6 Å². The number of amides is 1. The van der Waals surface area contributed by atoms with Crippen molar-refractivity contribution in [3.05, 3.63) is 73.6 Å². The monoisotopic (exact) mass is 461 g/mol. The lowest BCUT2D eigenvalue weighted by atomic mass is 9.93. The SMILES string of the molecule is C.C=CC(=O)N1CC[C@@H](CNc2ncnc(N)c2-c2ccc(Oc3ccccc3)cc2)[C@H](O)C1. The first-order chi connectivity index (χ1) is 16.0. The fourth-order valence-corrected chi connectivity index (χ4v) is 3.91. The molecule has 1 fully saturated rings. The highest BCUT2D eigenvalue weighted by atomic mass is 16.5. The van der Waals surface area contributed by atoms with E-state index in [0.717, 1.165) is 11.3 Å². The number of aliphatic hydroxyl groups is 1. The minimum absolute atomic E-state index is 0. The Kier molecular flexibility index (Phi) is 8.21. The van der Waals surface area contributed by atoms with Gasteiger partial charge in [-0.2, -0.15) is 0 Å². The Bertz CT molecular complexity index is 1110. The molecule has 1 aliphatic rings. The third-order valence-corrected chi connectivity index (χ3v) is 5.74. The number of aromatic nitrogens is 2. The number of para-hydroxylation sites is 1. The molecular weight excluding hydrogens is 430 g/mol. The van der Waals surface area contributed by atoms with Crippen molar-refractivity contribution in [3.63, 3.8) is 0 Å². The van der Waals surface area contributed by atoms with Crippen molar-refractivity contribution >= 4 is 17.5 Å². The molecule has 34 heavy (non-hydrogen) atoms. The van der Waals surface area contributed by atoms with Crippen LogP contribution < -0.4 is 15.8 Å². The molecule has 4 rings (SSSR count). The topological polar surface area (TPSA) is 114 Å². The molecule has 0 radical (unpaired) electrons. The molecule has 1 aromatic heterocycles. The first-order valence-corrected chi connectivity index (χ1v) is 10.8. The van der Waals surface area contributed by atoms with Crippen LogP contribution in [0.15, 0.2) is 73.6 Å². The number of nitrogens with zero attached hydrogens (tertiary/aromatic N) is 3. The summed E-state index contributed by atoms with van der Waals surface area (Å²) in [5, 5.41) is 13.8. The Morgan fingerprint density at radius 2 is 1.88 bits per heavy atom. The van der Waals surface area contributed by atoms with Gasteiger partial charge >= 0.3 is 0 Å². The lowest BCUT2D eigenvalue weighted by Crippen LogP contribution is -2.47. The number of hydrogen-bond acceptors (Lipinski definition) is 7. The molecule has 2 heterocycles. The van der Waals surface area contributed by atoms with E-state index < -0.39 is 6.10 Å². The molecule has 1 saturated heterocycles. The van der Waals surface area contributed by atoms with E-state index in [2.05, 4.69) is 21.9 Å². The molecule has 2 atom stereocenters. The van der Waals surface area contributed by atoms with Crippen LogP contribution in [0.5, 0.6) is 11.5 Å². The zero-order valence-electron chi connectivity index (χ0n) is 18.2. The van der Waals surface area contributed by atoms with Crippen molar-refractivity contribution < 1.29 is 14.6 Å². The summed E-state index contributed by atoms with van der Waals surface area (Å²) in [6, 6.07) is 17.1. The molecule has 0 unspecified atom stereocenters. The predicted octanol–water partition coefficient (Wildman–Crippen LogP) is 3.96. The van der Waals surface area contributed by atoms with Gasteiger partial charge in [0.2, 0.25) is 5.91 Å². The van der Waals surface area contributed by atoms with Gasteiger partial charge in [0.1, 0.15) is 29.5 Å². The highest BCUT2D eigenvalue weighted by Gasteiger charge is 2.29. The number of anilines is 2. The number of nitrogens with two attached hydrogens (primary N) is 1. The van der Waals surface area contributed by atoms with Gasteiger partial charge in [0, 0.05) is 25.6 Å². The molecule has 4 N–H and O–H groups in total. The van der Waals surface area contributed by atoms with Crippen LogP contribution in [0, 0.1) is 5.92 Å². The van der Waals surface area contributed by atoms with Crippen molar-refractivity contribution in [1.29, 1.82) is 0 Å². The number of benzene rings is 2. The second-order valence-corrected chi connectivity index (χ2v) is 7.91. The van der Waals surface area contributed by atoms with E-state index in [-0.39, 0.29) is 19.3 Å². The Morgan fingerprint density at radius 1 is 1.18 bits per heavy atom. The van der Waals surface area contributed by atoms with Crippen molar-refractivity contribution in [2.45, 2.75) is 20.0 Å². The Labute approximate surface area is 200 Å². The van der Waals surface area contributed by atoms with E-state index in [4.69, 9.17) is 10.5 Å². The van der Waals surface area contributed by atoms with Crippen LogP contribution in [0.25, 0.3) is 11.1 Å². The number of piperidine rings is 1. The molecule has 1 aliphatic heterocycles. The summed E-state index contributed by atoms with van der Waals surface area (Å²) in [5.41, 5.74) is 7.73. The number of carbonyl (C=O) groups excluding carboxylic acids is 1.